The van der Waals surface area contributed by atoms with Gasteiger partial charge in [-0.05, 0) is 68.1 Å². The Morgan fingerprint density at radius 2 is 1.93 bits per heavy atom. The van der Waals surface area contributed by atoms with E-state index in [1.807, 2.05) is 0 Å². The molecular formula is C27H43NO2. The van der Waals surface area contributed by atoms with Crippen LogP contribution in [0.2, 0.25) is 0 Å². The third-order valence-corrected chi connectivity index (χ3v) is 7.91. The molecule has 5 atom stereocenters. The summed E-state index contributed by atoms with van der Waals surface area (Å²) in [4.78, 5) is 0. The van der Waals surface area contributed by atoms with E-state index in [1.54, 1.807) is 0 Å². The van der Waals surface area contributed by atoms with E-state index in [0.29, 0.717) is 17.9 Å². The maximum Gasteiger partial charge on any atom is 0.119 e. The lowest BCUT2D eigenvalue weighted by atomic mass is 9.71. The van der Waals surface area contributed by atoms with Gasteiger partial charge >= 0.3 is 0 Å². The molecule has 1 aliphatic carbocycles. The van der Waals surface area contributed by atoms with Gasteiger partial charge in [0.2, 0.25) is 0 Å². The molecular weight excluding hydrogens is 370 g/mol. The molecule has 0 spiro atoms. The molecule has 168 valence electrons. The van der Waals surface area contributed by atoms with E-state index in [1.165, 1.54) is 69.0 Å². The molecule has 2 unspecified atom stereocenters. The molecule has 3 aliphatic rings. The van der Waals surface area contributed by atoms with Crippen LogP contribution in [0.4, 0.5) is 5.69 Å². The second-order valence-corrected chi connectivity index (χ2v) is 10.4. The fraction of sp³-hybridized carbons (Fsp3) is 0.778. The van der Waals surface area contributed by atoms with E-state index >= 15 is 0 Å². The maximum atomic E-state index is 6.43. The maximum absolute atomic E-state index is 6.43. The highest BCUT2D eigenvalue weighted by Gasteiger charge is 2.42. The Kier molecular flexibility index (Phi) is 7.62. The van der Waals surface area contributed by atoms with Crippen molar-refractivity contribution in [3.63, 3.8) is 0 Å². The van der Waals surface area contributed by atoms with Gasteiger partial charge in [-0.1, -0.05) is 52.9 Å². The molecule has 2 aliphatic heterocycles. The molecule has 0 aromatic heterocycles. The van der Waals surface area contributed by atoms with Crippen LogP contribution in [0.25, 0.3) is 0 Å². The smallest absolute Gasteiger partial charge is 0.119 e. The fourth-order valence-electron chi connectivity index (χ4n) is 6.00. The minimum atomic E-state index is 0.237. The van der Waals surface area contributed by atoms with Gasteiger partial charge in [-0.15, -0.1) is 0 Å². The predicted molar refractivity (Wildman–Crippen MR) is 125 cm³/mol. The number of benzene rings is 1. The molecule has 2 heterocycles. The first-order chi connectivity index (χ1) is 14.7. The minimum absolute atomic E-state index is 0.237. The number of anilines is 1. The first kappa shape index (κ1) is 22.0. The third-order valence-electron chi connectivity index (χ3n) is 7.91. The summed E-state index contributed by atoms with van der Waals surface area (Å²) in [6.45, 7) is 8.57. The number of nitrogens with one attached hydrogen (secondary N) is 1. The van der Waals surface area contributed by atoms with Gasteiger partial charge < -0.3 is 14.8 Å². The summed E-state index contributed by atoms with van der Waals surface area (Å²) in [5, 5.41) is 4.01. The van der Waals surface area contributed by atoms with Crippen molar-refractivity contribution in [2.45, 2.75) is 97.1 Å². The van der Waals surface area contributed by atoms with Crippen molar-refractivity contribution in [1.29, 1.82) is 0 Å². The van der Waals surface area contributed by atoms with Gasteiger partial charge in [0, 0.05) is 29.8 Å². The highest BCUT2D eigenvalue weighted by molar-refractivity contribution is 5.58. The standard InChI is InChI=1S/C27H43NO2/c1-4-20-8-5-6-9-21(12-11-20)26-23-10-7-16-30-27(23)24-18-22(13-14-25(24)28-26)29-17-15-19(2)3/h13-14,18-21,23,26-28H,4-12,15-17H2,1-3H3/t20?,21?,23-,26+,27-/m0/s1. The number of hydrogen-bond acceptors (Lipinski definition) is 3. The third kappa shape index (κ3) is 5.15. The van der Waals surface area contributed by atoms with Crippen molar-refractivity contribution >= 4 is 5.69 Å². The summed E-state index contributed by atoms with van der Waals surface area (Å²) in [6.07, 6.45) is 13.6. The first-order valence-corrected chi connectivity index (χ1v) is 12.8. The van der Waals surface area contributed by atoms with E-state index < -0.39 is 0 Å². The molecule has 4 rings (SSSR count). The normalized spacial score (nSPS) is 31.8. The van der Waals surface area contributed by atoms with E-state index in [9.17, 15) is 0 Å². The van der Waals surface area contributed by atoms with Gasteiger partial charge in [0.15, 0.2) is 0 Å². The number of ether oxygens (including phenoxy) is 2. The van der Waals surface area contributed by atoms with Crippen LogP contribution >= 0.6 is 0 Å². The summed E-state index contributed by atoms with van der Waals surface area (Å²) < 4.78 is 12.5. The molecule has 30 heavy (non-hydrogen) atoms. The van der Waals surface area contributed by atoms with Crippen LogP contribution in [-0.4, -0.2) is 19.3 Å². The van der Waals surface area contributed by atoms with Crippen molar-refractivity contribution in [2.24, 2.45) is 23.7 Å². The molecule has 0 bridgehead atoms. The van der Waals surface area contributed by atoms with Crippen LogP contribution < -0.4 is 10.1 Å². The SMILES string of the molecule is CCC1CCCCC([C@H]2Nc3ccc(OCCC(C)C)cc3[C@H]3OCCC[C@H]32)CC1. The number of hydrogen-bond donors (Lipinski definition) is 1. The first-order valence-electron chi connectivity index (χ1n) is 12.8. The van der Waals surface area contributed by atoms with Crippen molar-refractivity contribution in [1.82, 2.24) is 0 Å². The summed E-state index contributed by atoms with van der Waals surface area (Å²) in [7, 11) is 0. The Hall–Kier alpha value is -1.22. The molecule has 3 nitrogen and oxygen atoms in total. The number of rotatable bonds is 6. The largest absolute Gasteiger partial charge is 0.494 e. The van der Waals surface area contributed by atoms with Gasteiger partial charge in [0.1, 0.15) is 5.75 Å². The van der Waals surface area contributed by atoms with Crippen LogP contribution in [0.3, 0.4) is 0 Å². The van der Waals surface area contributed by atoms with Crippen LogP contribution in [0.15, 0.2) is 18.2 Å². The van der Waals surface area contributed by atoms with Crippen LogP contribution in [0, 0.1) is 23.7 Å². The molecule has 0 radical (unpaired) electrons. The second-order valence-electron chi connectivity index (χ2n) is 10.4. The molecule has 1 saturated carbocycles. The van der Waals surface area contributed by atoms with Gasteiger partial charge in [-0.25, -0.2) is 0 Å². The highest BCUT2D eigenvalue weighted by atomic mass is 16.5. The molecule has 1 aromatic carbocycles. The zero-order valence-corrected chi connectivity index (χ0v) is 19.5. The van der Waals surface area contributed by atoms with Crippen molar-refractivity contribution in [3.05, 3.63) is 23.8 Å². The quantitative estimate of drug-likeness (QED) is 0.528. The van der Waals surface area contributed by atoms with E-state index in [0.717, 1.165) is 37.2 Å². The molecule has 1 N–H and O–H groups in total. The average Bonchev–Trinajstić information content (AvgIpc) is 2.73. The Bertz CT molecular complexity index is 673. The van der Waals surface area contributed by atoms with E-state index in [-0.39, 0.29) is 6.10 Å². The highest BCUT2D eigenvalue weighted by Crippen LogP contribution is 2.48. The lowest BCUT2D eigenvalue weighted by Crippen LogP contribution is -2.45. The van der Waals surface area contributed by atoms with Gasteiger partial charge in [0.05, 0.1) is 12.7 Å². The molecule has 2 fully saturated rings. The van der Waals surface area contributed by atoms with E-state index in [4.69, 9.17) is 9.47 Å². The van der Waals surface area contributed by atoms with Crippen molar-refractivity contribution in [3.8, 4) is 5.75 Å². The van der Waals surface area contributed by atoms with Gasteiger partial charge in [-0.3, -0.25) is 0 Å². The van der Waals surface area contributed by atoms with Gasteiger partial charge in [0.25, 0.3) is 0 Å². The van der Waals surface area contributed by atoms with Crippen LogP contribution in [-0.2, 0) is 4.74 Å². The summed E-state index contributed by atoms with van der Waals surface area (Å²) in [5.74, 6) is 3.99. The lowest BCUT2D eigenvalue weighted by Gasteiger charge is -2.46. The Morgan fingerprint density at radius 1 is 1.07 bits per heavy atom. The Morgan fingerprint density at radius 3 is 2.77 bits per heavy atom. The zero-order valence-electron chi connectivity index (χ0n) is 19.5. The summed E-state index contributed by atoms with van der Waals surface area (Å²) >= 11 is 0. The Labute approximate surface area is 184 Å². The van der Waals surface area contributed by atoms with Crippen LogP contribution in [0.5, 0.6) is 5.75 Å². The number of fused-ring (bicyclic) bond motifs is 3. The average molecular weight is 414 g/mol. The van der Waals surface area contributed by atoms with Crippen molar-refractivity contribution in [2.75, 3.05) is 18.5 Å². The fourth-order valence-corrected chi connectivity index (χ4v) is 6.00. The van der Waals surface area contributed by atoms with Crippen molar-refractivity contribution < 1.29 is 9.47 Å². The summed E-state index contributed by atoms with van der Waals surface area (Å²) in [5.41, 5.74) is 2.61. The molecule has 1 aromatic rings. The van der Waals surface area contributed by atoms with Gasteiger partial charge in [-0.2, -0.15) is 0 Å². The predicted octanol–water partition coefficient (Wildman–Crippen LogP) is 7.37. The molecule has 1 saturated heterocycles. The monoisotopic (exact) mass is 413 g/mol. The lowest BCUT2D eigenvalue weighted by molar-refractivity contribution is -0.0456. The Balaban J connectivity index is 1.51. The summed E-state index contributed by atoms with van der Waals surface area (Å²) in [6, 6.07) is 7.22. The second kappa shape index (κ2) is 10.4. The topological polar surface area (TPSA) is 30.5 Å². The van der Waals surface area contributed by atoms with E-state index in [2.05, 4.69) is 44.3 Å². The molecule has 0 amide bonds. The minimum Gasteiger partial charge on any atom is -0.494 e. The zero-order chi connectivity index (χ0) is 20.9. The molecule has 3 heteroatoms. The van der Waals surface area contributed by atoms with Crippen LogP contribution in [0.1, 0.15) is 96.6 Å².